The van der Waals surface area contributed by atoms with E-state index in [1.807, 2.05) is 0 Å². The number of thiophene rings is 1. The van der Waals surface area contributed by atoms with Crippen LogP contribution in [0.4, 0.5) is 10.7 Å². The lowest BCUT2D eigenvalue weighted by atomic mass is 9.88. The van der Waals surface area contributed by atoms with Gasteiger partial charge in [-0.25, -0.2) is 0 Å². The highest BCUT2D eigenvalue weighted by molar-refractivity contribution is 7.16. The van der Waals surface area contributed by atoms with Crippen LogP contribution in [0.1, 0.15) is 39.7 Å². The first kappa shape index (κ1) is 16.1. The number of anilines is 1. The molecule has 7 heteroatoms. The third-order valence-corrected chi connectivity index (χ3v) is 5.36. The van der Waals surface area contributed by atoms with Crippen LogP contribution in [0.3, 0.4) is 0 Å². The average molecular weight is 341 g/mol. The number of nitro benzene ring substituents is 1. The van der Waals surface area contributed by atoms with Gasteiger partial charge in [-0.1, -0.05) is 6.92 Å². The topological polar surface area (TPSA) is 96.0 Å². The molecule has 1 aliphatic rings. The van der Waals surface area contributed by atoms with Crippen LogP contribution in [0.15, 0.2) is 24.3 Å². The molecule has 1 aromatic heterocycles. The Morgan fingerprint density at radius 2 is 2.12 bits per heavy atom. The molecule has 1 aliphatic carbocycles. The molecule has 1 heterocycles. The van der Waals surface area contributed by atoms with E-state index in [9.17, 15) is 20.2 Å². The molecule has 24 heavy (non-hydrogen) atoms. The Morgan fingerprint density at radius 3 is 2.75 bits per heavy atom. The predicted molar refractivity (Wildman–Crippen MR) is 91.3 cm³/mol. The minimum atomic E-state index is -0.510. The molecule has 0 saturated heterocycles. The quantitative estimate of drug-likeness (QED) is 0.676. The Kier molecular flexibility index (Phi) is 4.32. The highest BCUT2D eigenvalue weighted by atomic mass is 32.1. The summed E-state index contributed by atoms with van der Waals surface area (Å²) in [7, 11) is 0. The zero-order chi connectivity index (χ0) is 17.3. The molecule has 1 N–H and O–H groups in total. The number of rotatable bonds is 3. The van der Waals surface area contributed by atoms with Gasteiger partial charge in [-0.2, -0.15) is 5.26 Å². The summed E-state index contributed by atoms with van der Waals surface area (Å²) in [6, 6.07) is 7.62. The molecule has 122 valence electrons. The van der Waals surface area contributed by atoms with Crippen molar-refractivity contribution in [3.05, 3.63) is 55.9 Å². The number of nitrogens with one attached hydrogen (secondary N) is 1. The lowest BCUT2D eigenvalue weighted by molar-refractivity contribution is -0.384. The lowest BCUT2D eigenvalue weighted by Crippen LogP contribution is -2.12. The van der Waals surface area contributed by atoms with Gasteiger partial charge in [0.15, 0.2) is 0 Å². The first-order chi connectivity index (χ1) is 11.5. The SMILES string of the molecule is C[C@@H]1CCc2c(sc(NC(=O)c3ccc([N+](=O)[O-])cc3)c2C#N)C1. The summed E-state index contributed by atoms with van der Waals surface area (Å²) in [4.78, 5) is 23.7. The average Bonchev–Trinajstić information content (AvgIpc) is 2.90. The molecule has 0 fully saturated rings. The van der Waals surface area contributed by atoms with E-state index in [1.54, 1.807) is 0 Å². The molecule has 0 spiro atoms. The van der Waals surface area contributed by atoms with Crippen molar-refractivity contribution < 1.29 is 9.72 Å². The number of hydrogen-bond donors (Lipinski definition) is 1. The van der Waals surface area contributed by atoms with E-state index in [4.69, 9.17) is 0 Å². The van der Waals surface area contributed by atoms with Crippen LogP contribution in [-0.4, -0.2) is 10.8 Å². The van der Waals surface area contributed by atoms with Gasteiger partial charge in [-0.15, -0.1) is 11.3 Å². The number of fused-ring (bicyclic) bond motifs is 1. The van der Waals surface area contributed by atoms with Gasteiger partial charge in [0.2, 0.25) is 0 Å². The summed E-state index contributed by atoms with van der Waals surface area (Å²) in [5.41, 5.74) is 1.87. The van der Waals surface area contributed by atoms with Gasteiger partial charge < -0.3 is 5.32 Å². The number of carbonyl (C=O) groups is 1. The van der Waals surface area contributed by atoms with Gasteiger partial charge >= 0.3 is 0 Å². The first-order valence-corrected chi connectivity index (χ1v) is 8.41. The number of hydrogen-bond acceptors (Lipinski definition) is 5. The molecule has 2 aromatic rings. The Hall–Kier alpha value is -2.72. The van der Waals surface area contributed by atoms with Gasteiger partial charge in [-0.05, 0) is 42.9 Å². The fraction of sp³-hybridized carbons (Fsp3) is 0.294. The van der Waals surface area contributed by atoms with E-state index in [1.165, 1.54) is 40.5 Å². The van der Waals surface area contributed by atoms with E-state index in [-0.39, 0.29) is 11.6 Å². The van der Waals surface area contributed by atoms with Crippen molar-refractivity contribution >= 4 is 27.9 Å². The fourth-order valence-electron chi connectivity index (χ4n) is 2.87. The number of nitriles is 1. The maximum Gasteiger partial charge on any atom is 0.269 e. The zero-order valence-corrected chi connectivity index (χ0v) is 13.9. The van der Waals surface area contributed by atoms with Crippen molar-refractivity contribution in [2.75, 3.05) is 5.32 Å². The van der Waals surface area contributed by atoms with E-state index in [0.29, 0.717) is 22.0 Å². The molecule has 1 aromatic carbocycles. The highest BCUT2D eigenvalue weighted by Crippen LogP contribution is 2.39. The van der Waals surface area contributed by atoms with Crippen LogP contribution >= 0.6 is 11.3 Å². The minimum absolute atomic E-state index is 0.0650. The Labute approximate surface area is 142 Å². The summed E-state index contributed by atoms with van der Waals surface area (Å²) in [6.07, 6.45) is 2.85. The molecular formula is C17H15N3O3S. The zero-order valence-electron chi connectivity index (χ0n) is 13.0. The van der Waals surface area contributed by atoms with Crippen LogP contribution < -0.4 is 5.32 Å². The molecule has 1 amide bonds. The number of amides is 1. The normalized spacial score (nSPS) is 16.1. The van der Waals surface area contributed by atoms with Crippen LogP contribution in [0, 0.1) is 27.4 Å². The highest BCUT2D eigenvalue weighted by Gasteiger charge is 2.24. The van der Waals surface area contributed by atoms with Crippen LogP contribution in [-0.2, 0) is 12.8 Å². The number of carbonyl (C=O) groups excluding carboxylic acids is 1. The van der Waals surface area contributed by atoms with Gasteiger partial charge in [-0.3, -0.25) is 14.9 Å². The summed E-state index contributed by atoms with van der Waals surface area (Å²) >= 11 is 1.46. The van der Waals surface area contributed by atoms with E-state index >= 15 is 0 Å². The fourth-order valence-corrected chi connectivity index (χ4v) is 4.22. The third-order valence-electron chi connectivity index (χ3n) is 4.19. The van der Waals surface area contributed by atoms with Crippen molar-refractivity contribution in [2.24, 2.45) is 5.92 Å². The van der Waals surface area contributed by atoms with Crippen LogP contribution in [0.5, 0.6) is 0 Å². The van der Waals surface area contributed by atoms with E-state index in [0.717, 1.165) is 24.8 Å². The third kappa shape index (κ3) is 3.01. The molecule has 0 bridgehead atoms. The van der Waals surface area contributed by atoms with Gasteiger partial charge in [0.1, 0.15) is 11.1 Å². The lowest BCUT2D eigenvalue weighted by Gasteiger charge is -2.17. The maximum absolute atomic E-state index is 12.4. The monoisotopic (exact) mass is 341 g/mol. The smallest absolute Gasteiger partial charge is 0.269 e. The second kappa shape index (κ2) is 6.42. The molecule has 3 rings (SSSR count). The van der Waals surface area contributed by atoms with Gasteiger partial charge in [0.25, 0.3) is 11.6 Å². The number of non-ortho nitro benzene ring substituents is 1. The Morgan fingerprint density at radius 1 is 1.42 bits per heavy atom. The van der Waals surface area contributed by atoms with Crippen molar-refractivity contribution in [2.45, 2.75) is 26.2 Å². The molecule has 1 atom stereocenters. The van der Waals surface area contributed by atoms with Crippen LogP contribution in [0.25, 0.3) is 0 Å². The summed E-state index contributed by atoms with van der Waals surface area (Å²) in [6.45, 7) is 2.18. The second-order valence-corrected chi connectivity index (χ2v) is 7.03. The Bertz CT molecular complexity index is 849. The molecule has 0 aliphatic heterocycles. The minimum Gasteiger partial charge on any atom is -0.312 e. The first-order valence-electron chi connectivity index (χ1n) is 7.60. The van der Waals surface area contributed by atoms with Gasteiger partial charge in [0, 0.05) is 22.6 Å². The number of benzene rings is 1. The molecule has 0 unspecified atom stereocenters. The van der Waals surface area contributed by atoms with Crippen molar-refractivity contribution in [3.63, 3.8) is 0 Å². The van der Waals surface area contributed by atoms with Crippen molar-refractivity contribution in [1.29, 1.82) is 5.26 Å². The van der Waals surface area contributed by atoms with E-state index < -0.39 is 4.92 Å². The van der Waals surface area contributed by atoms with Crippen molar-refractivity contribution in [1.82, 2.24) is 0 Å². The van der Waals surface area contributed by atoms with E-state index in [2.05, 4.69) is 18.3 Å². The van der Waals surface area contributed by atoms with Crippen molar-refractivity contribution in [3.8, 4) is 6.07 Å². The molecular weight excluding hydrogens is 326 g/mol. The maximum atomic E-state index is 12.4. The summed E-state index contributed by atoms with van der Waals surface area (Å²) < 4.78 is 0. The number of nitrogens with zero attached hydrogens (tertiary/aromatic N) is 2. The van der Waals surface area contributed by atoms with Crippen LogP contribution in [0.2, 0.25) is 0 Å². The standard InChI is InChI=1S/C17H15N3O3S/c1-10-2-7-13-14(9-18)17(24-15(13)8-10)19-16(21)11-3-5-12(6-4-11)20(22)23/h3-6,10H,2,7-8H2,1H3,(H,19,21)/t10-/m1/s1. The second-order valence-electron chi connectivity index (χ2n) is 5.93. The summed E-state index contributed by atoms with van der Waals surface area (Å²) in [5, 5.41) is 23.5. The number of nitro groups is 1. The summed E-state index contributed by atoms with van der Waals surface area (Å²) in [5.74, 6) is 0.217. The largest absolute Gasteiger partial charge is 0.312 e. The predicted octanol–water partition coefficient (Wildman–Crippen LogP) is 3.91. The van der Waals surface area contributed by atoms with Gasteiger partial charge in [0.05, 0.1) is 10.5 Å². The molecule has 0 radical (unpaired) electrons. The molecule has 6 nitrogen and oxygen atoms in total. The molecule has 0 saturated carbocycles. The Balaban J connectivity index is 1.84.